The number of ether oxygens (including phenoxy) is 1. The Bertz CT molecular complexity index is 753. The highest BCUT2D eigenvalue weighted by atomic mass is 32.2. The summed E-state index contributed by atoms with van der Waals surface area (Å²) < 4.78 is 34.3. The van der Waals surface area contributed by atoms with Gasteiger partial charge in [-0.2, -0.15) is 5.10 Å². The predicted molar refractivity (Wildman–Crippen MR) is 80.8 cm³/mol. The molecule has 21 heavy (non-hydrogen) atoms. The van der Waals surface area contributed by atoms with E-state index >= 15 is 0 Å². The summed E-state index contributed by atoms with van der Waals surface area (Å²) in [4.78, 5) is 0.00297. The smallest absolute Gasteiger partial charge is 0.266 e. The van der Waals surface area contributed by atoms with Gasteiger partial charge in [0.2, 0.25) is 0 Å². The van der Waals surface area contributed by atoms with Crippen LogP contribution >= 0.6 is 0 Å². The van der Waals surface area contributed by atoms with Crippen molar-refractivity contribution in [3.8, 4) is 5.75 Å². The van der Waals surface area contributed by atoms with Crippen LogP contribution in [-0.4, -0.2) is 24.8 Å². The van der Waals surface area contributed by atoms with Gasteiger partial charge in [-0.15, -0.1) is 0 Å². The molecule has 2 aromatic rings. The molecule has 0 aliphatic carbocycles. The standard InChI is InChI=1S/C13H18N4O3S/c1-4-20-11-6-5-10(14)8-12(11)21(18,19)16-13-7-9(2)15-17(13)3/h5-8,16H,4,14H2,1-3H3. The number of nitrogens with one attached hydrogen (secondary N) is 1. The van der Waals surface area contributed by atoms with Crippen LogP contribution in [0.15, 0.2) is 29.2 Å². The molecule has 2 rings (SSSR count). The van der Waals surface area contributed by atoms with E-state index in [2.05, 4.69) is 9.82 Å². The molecule has 1 aromatic carbocycles. The zero-order chi connectivity index (χ0) is 15.6. The van der Waals surface area contributed by atoms with E-state index < -0.39 is 10.0 Å². The first-order valence-corrected chi connectivity index (χ1v) is 7.87. The molecule has 3 N–H and O–H groups in total. The molecule has 0 amide bonds. The molecule has 0 spiro atoms. The minimum absolute atomic E-state index is 0.00297. The first kappa shape index (κ1) is 15.2. The first-order chi connectivity index (χ1) is 9.83. The lowest BCUT2D eigenvalue weighted by Gasteiger charge is -2.13. The van der Waals surface area contributed by atoms with Crippen molar-refractivity contribution < 1.29 is 13.2 Å². The summed E-state index contributed by atoms with van der Waals surface area (Å²) in [7, 11) is -2.15. The maximum absolute atomic E-state index is 12.5. The summed E-state index contributed by atoms with van der Waals surface area (Å²) in [5.74, 6) is 0.635. The van der Waals surface area contributed by atoms with Gasteiger partial charge in [0.1, 0.15) is 16.5 Å². The molecule has 0 atom stereocenters. The van der Waals surface area contributed by atoms with E-state index in [-0.39, 0.29) is 10.6 Å². The molecular weight excluding hydrogens is 292 g/mol. The Balaban J connectivity index is 2.44. The number of hydrogen-bond donors (Lipinski definition) is 2. The van der Waals surface area contributed by atoms with Gasteiger partial charge in [0.25, 0.3) is 10.0 Å². The fourth-order valence-electron chi connectivity index (χ4n) is 1.91. The average Bonchev–Trinajstić information content (AvgIpc) is 2.69. The number of aryl methyl sites for hydroxylation is 2. The summed E-state index contributed by atoms with van der Waals surface area (Å²) in [6, 6.07) is 6.15. The molecule has 0 aliphatic heterocycles. The summed E-state index contributed by atoms with van der Waals surface area (Å²) in [6.07, 6.45) is 0. The number of aromatic nitrogens is 2. The number of nitrogens with zero attached hydrogens (tertiary/aromatic N) is 2. The molecule has 1 aromatic heterocycles. The number of benzene rings is 1. The van der Waals surface area contributed by atoms with E-state index in [9.17, 15) is 8.42 Å². The Labute approximate surface area is 123 Å². The summed E-state index contributed by atoms with van der Waals surface area (Å²) >= 11 is 0. The maximum Gasteiger partial charge on any atom is 0.266 e. The van der Waals surface area contributed by atoms with Crippen LogP contribution in [0.1, 0.15) is 12.6 Å². The molecule has 0 saturated carbocycles. The van der Waals surface area contributed by atoms with Gasteiger partial charge < -0.3 is 10.5 Å². The Morgan fingerprint density at radius 2 is 2.10 bits per heavy atom. The van der Waals surface area contributed by atoms with Crippen molar-refractivity contribution in [1.82, 2.24) is 9.78 Å². The fourth-order valence-corrected chi connectivity index (χ4v) is 3.17. The van der Waals surface area contributed by atoms with Crippen molar-refractivity contribution in [1.29, 1.82) is 0 Å². The molecule has 7 nitrogen and oxygen atoms in total. The van der Waals surface area contributed by atoms with Gasteiger partial charge in [-0.3, -0.25) is 9.40 Å². The first-order valence-electron chi connectivity index (χ1n) is 6.39. The van der Waals surface area contributed by atoms with E-state index in [0.717, 1.165) is 0 Å². The number of hydrogen-bond acceptors (Lipinski definition) is 5. The zero-order valence-corrected chi connectivity index (χ0v) is 12.9. The van der Waals surface area contributed by atoms with Crippen molar-refractivity contribution in [2.75, 3.05) is 17.1 Å². The molecule has 0 aliphatic rings. The normalized spacial score (nSPS) is 11.4. The molecule has 1 heterocycles. The lowest BCUT2D eigenvalue weighted by Crippen LogP contribution is -2.17. The third-order valence-corrected chi connectivity index (χ3v) is 4.17. The van der Waals surface area contributed by atoms with Crippen molar-refractivity contribution >= 4 is 21.5 Å². The highest BCUT2D eigenvalue weighted by Crippen LogP contribution is 2.28. The van der Waals surface area contributed by atoms with Crippen molar-refractivity contribution in [3.05, 3.63) is 30.0 Å². The lowest BCUT2D eigenvalue weighted by atomic mass is 10.3. The topological polar surface area (TPSA) is 99.2 Å². The van der Waals surface area contributed by atoms with Crippen LogP contribution in [-0.2, 0) is 17.1 Å². The zero-order valence-electron chi connectivity index (χ0n) is 12.1. The molecule has 0 bridgehead atoms. The molecule has 0 unspecified atom stereocenters. The van der Waals surface area contributed by atoms with Crippen molar-refractivity contribution in [2.24, 2.45) is 7.05 Å². The molecule has 0 fully saturated rings. The number of anilines is 2. The predicted octanol–water partition coefficient (Wildman–Crippen LogP) is 1.51. The van der Waals surface area contributed by atoms with Gasteiger partial charge in [0, 0.05) is 18.8 Å². The maximum atomic E-state index is 12.5. The van der Waals surface area contributed by atoms with Gasteiger partial charge >= 0.3 is 0 Å². The van der Waals surface area contributed by atoms with Crippen LogP contribution in [0, 0.1) is 6.92 Å². The number of nitrogen functional groups attached to an aromatic ring is 1. The second kappa shape index (κ2) is 5.65. The second-order valence-corrected chi connectivity index (χ2v) is 6.19. The third-order valence-electron chi connectivity index (χ3n) is 2.80. The number of nitrogens with two attached hydrogens (primary N) is 1. The van der Waals surface area contributed by atoms with Crippen LogP contribution < -0.4 is 15.2 Å². The van der Waals surface area contributed by atoms with Crippen LogP contribution in [0.5, 0.6) is 5.75 Å². The summed E-state index contributed by atoms with van der Waals surface area (Å²) in [5, 5.41) is 4.10. The average molecular weight is 310 g/mol. The minimum atomic E-state index is -3.81. The molecule has 114 valence electrons. The molecule has 8 heteroatoms. The SMILES string of the molecule is CCOc1ccc(N)cc1S(=O)(=O)Nc1cc(C)nn1C. The van der Waals surface area contributed by atoms with E-state index in [1.165, 1.54) is 10.7 Å². The van der Waals surface area contributed by atoms with E-state index in [1.807, 2.05) is 0 Å². The van der Waals surface area contributed by atoms with Gasteiger partial charge in [-0.25, -0.2) is 8.42 Å². The molecule has 0 saturated heterocycles. The van der Waals surface area contributed by atoms with Gasteiger partial charge in [-0.1, -0.05) is 0 Å². The third kappa shape index (κ3) is 3.27. The number of rotatable bonds is 5. The van der Waals surface area contributed by atoms with E-state index in [1.54, 1.807) is 39.1 Å². The monoisotopic (exact) mass is 310 g/mol. The Kier molecular flexibility index (Phi) is 4.08. The van der Waals surface area contributed by atoms with Crippen molar-refractivity contribution in [2.45, 2.75) is 18.7 Å². The second-order valence-electron chi connectivity index (χ2n) is 4.54. The van der Waals surface area contributed by atoms with E-state index in [4.69, 9.17) is 10.5 Å². The summed E-state index contributed by atoms with van der Waals surface area (Å²) in [6.45, 7) is 3.92. The Morgan fingerprint density at radius 1 is 1.38 bits per heavy atom. The van der Waals surface area contributed by atoms with Gasteiger partial charge in [-0.05, 0) is 32.0 Å². The van der Waals surface area contributed by atoms with Crippen LogP contribution in [0.2, 0.25) is 0 Å². The lowest BCUT2D eigenvalue weighted by molar-refractivity contribution is 0.331. The Morgan fingerprint density at radius 3 is 2.67 bits per heavy atom. The Hall–Kier alpha value is -2.22. The quantitative estimate of drug-likeness (QED) is 0.816. The minimum Gasteiger partial charge on any atom is -0.492 e. The van der Waals surface area contributed by atoms with Gasteiger partial charge in [0.05, 0.1) is 12.3 Å². The van der Waals surface area contributed by atoms with E-state index in [0.29, 0.717) is 23.8 Å². The van der Waals surface area contributed by atoms with Crippen LogP contribution in [0.3, 0.4) is 0 Å². The largest absolute Gasteiger partial charge is 0.492 e. The van der Waals surface area contributed by atoms with Crippen LogP contribution in [0.25, 0.3) is 0 Å². The van der Waals surface area contributed by atoms with Crippen LogP contribution in [0.4, 0.5) is 11.5 Å². The highest BCUT2D eigenvalue weighted by Gasteiger charge is 2.21. The molecular formula is C13H18N4O3S. The number of sulfonamides is 1. The summed E-state index contributed by atoms with van der Waals surface area (Å²) in [5.41, 5.74) is 6.75. The van der Waals surface area contributed by atoms with Crippen molar-refractivity contribution in [3.63, 3.8) is 0 Å². The van der Waals surface area contributed by atoms with Gasteiger partial charge in [0.15, 0.2) is 0 Å². The fraction of sp³-hybridized carbons (Fsp3) is 0.308. The highest BCUT2D eigenvalue weighted by molar-refractivity contribution is 7.92. The molecule has 0 radical (unpaired) electrons.